The van der Waals surface area contributed by atoms with Gasteiger partial charge in [0, 0.05) is 0 Å². The third-order valence-corrected chi connectivity index (χ3v) is 2.98. The molecule has 2 heterocycles. The molecule has 0 aliphatic rings. The van der Waals surface area contributed by atoms with E-state index in [1.54, 1.807) is 12.3 Å². The number of oxazole rings is 2. The SMILES string of the molecule is Cc1cnc(C(C)Nc2nc3ccc(C(=O)O)cc3o2)o1. The Balaban J connectivity index is 1.85. The van der Waals surface area contributed by atoms with Gasteiger partial charge in [0.05, 0.1) is 11.8 Å². The van der Waals surface area contributed by atoms with Gasteiger partial charge in [-0.05, 0) is 32.0 Å². The molecule has 0 radical (unpaired) electrons. The van der Waals surface area contributed by atoms with Crippen LogP contribution in [0.2, 0.25) is 0 Å². The first-order valence-corrected chi connectivity index (χ1v) is 6.35. The Morgan fingerprint density at radius 3 is 2.86 bits per heavy atom. The summed E-state index contributed by atoms with van der Waals surface area (Å²) in [7, 11) is 0. The molecule has 3 rings (SSSR count). The number of fused-ring (bicyclic) bond motifs is 1. The second-order valence-corrected chi connectivity index (χ2v) is 4.68. The fourth-order valence-electron chi connectivity index (χ4n) is 1.94. The molecule has 108 valence electrons. The number of nitrogens with zero attached hydrogens (tertiary/aromatic N) is 2. The lowest BCUT2D eigenvalue weighted by atomic mass is 10.2. The monoisotopic (exact) mass is 287 g/mol. The van der Waals surface area contributed by atoms with Crippen LogP contribution in [0.25, 0.3) is 11.1 Å². The normalized spacial score (nSPS) is 12.5. The molecule has 0 spiro atoms. The van der Waals surface area contributed by atoms with Crippen molar-refractivity contribution < 1.29 is 18.7 Å². The Morgan fingerprint density at radius 1 is 1.38 bits per heavy atom. The van der Waals surface area contributed by atoms with E-state index < -0.39 is 5.97 Å². The third-order valence-electron chi connectivity index (χ3n) is 2.98. The summed E-state index contributed by atoms with van der Waals surface area (Å²) in [5, 5.41) is 12.0. The topological polar surface area (TPSA) is 101 Å². The van der Waals surface area contributed by atoms with Gasteiger partial charge in [-0.25, -0.2) is 9.78 Å². The number of rotatable bonds is 4. The fourth-order valence-corrected chi connectivity index (χ4v) is 1.94. The maximum Gasteiger partial charge on any atom is 0.335 e. The summed E-state index contributed by atoms with van der Waals surface area (Å²) in [5.41, 5.74) is 1.15. The van der Waals surface area contributed by atoms with Crippen LogP contribution >= 0.6 is 0 Å². The number of hydrogen-bond acceptors (Lipinski definition) is 6. The molecule has 1 atom stereocenters. The number of aryl methyl sites for hydroxylation is 1. The zero-order valence-electron chi connectivity index (χ0n) is 11.5. The van der Waals surface area contributed by atoms with Crippen molar-refractivity contribution in [3.63, 3.8) is 0 Å². The highest BCUT2D eigenvalue weighted by atomic mass is 16.4. The molecule has 21 heavy (non-hydrogen) atoms. The van der Waals surface area contributed by atoms with E-state index in [2.05, 4.69) is 15.3 Å². The standard InChI is InChI=1S/C14H13N3O4/c1-7-6-15-12(20-7)8(2)16-14-17-10-4-3-9(13(18)19)5-11(10)21-14/h3-6,8H,1-2H3,(H,16,17)(H,18,19). The van der Waals surface area contributed by atoms with Gasteiger partial charge in [0.1, 0.15) is 17.3 Å². The lowest BCUT2D eigenvalue weighted by Crippen LogP contribution is -2.06. The molecule has 1 aromatic carbocycles. The highest BCUT2D eigenvalue weighted by Gasteiger charge is 2.15. The maximum absolute atomic E-state index is 10.9. The molecule has 2 aromatic heterocycles. The Bertz CT molecular complexity index is 806. The molecule has 0 bridgehead atoms. The van der Waals surface area contributed by atoms with Crippen molar-refractivity contribution in [1.82, 2.24) is 9.97 Å². The molecular weight excluding hydrogens is 274 g/mol. The minimum absolute atomic E-state index is 0.154. The summed E-state index contributed by atoms with van der Waals surface area (Å²) < 4.78 is 10.9. The van der Waals surface area contributed by atoms with Crippen LogP contribution in [0.3, 0.4) is 0 Å². The highest BCUT2D eigenvalue weighted by molar-refractivity contribution is 5.92. The second-order valence-electron chi connectivity index (χ2n) is 4.68. The number of aromatic carboxylic acids is 1. The van der Waals surface area contributed by atoms with Crippen LogP contribution in [0.4, 0.5) is 6.01 Å². The minimum atomic E-state index is -1.01. The molecule has 0 saturated carbocycles. The van der Waals surface area contributed by atoms with Crippen LogP contribution in [0.1, 0.15) is 35.0 Å². The van der Waals surface area contributed by atoms with Gasteiger partial charge in [-0.2, -0.15) is 4.98 Å². The maximum atomic E-state index is 10.9. The van der Waals surface area contributed by atoms with Crippen LogP contribution in [-0.2, 0) is 0 Å². The van der Waals surface area contributed by atoms with E-state index in [0.29, 0.717) is 17.0 Å². The van der Waals surface area contributed by atoms with Crippen molar-refractivity contribution in [2.24, 2.45) is 0 Å². The van der Waals surface area contributed by atoms with Crippen molar-refractivity contribution in [1.29, 1.82) is 0 Å². The van der Waals surface area contributed by atoms with E-state index in [1.807, 2.05) is 13.8 Å². The molecule has 2 N–H and O–H groups in total. The van der Waals surface area contributed by atoms with Gasteiger partial charge in [-0.15, -0.1) is 0 Å². The lowest BCUT2D eigenvalue weighted by Gasteiger charge is -2.06. The van der Waals surface area contributed by atoms with Crippen molar-refractivity contribution in [3.05, 3.63) is 41.6 Å². The van der Waals surface area contributed by atoms with Crippen molar-refractivity contribution >= 4 is 23.1 Å². The van der Waals surface area contributed by atoms with Gasteiger partial charge in [0.2, 0.25) is 5.89 Å². The van der Waals surface area contributed by atoms with E-state index in [0.717, 1.165) is 5.76 Å². The molecular formula is C14H13N3O4. The smallest absolute Gasteiger partial charge is 0.335 e. The predicted octanol–water partition coefficient (Wildman–Crippen LogP) is 3.00. The Morgan fingerprint density at radius 2 is 2.19 bits per heavy atom. The summed E-state index contributed by atoms with van der Waals surface area (Å²) in [6.45, 7) is 3.68. The summed E-state index contributed by atoms with van der Waals surface area (Å²) in [6, 6.07) is 4.60. The molecule has 0 aliphatic carbocycles. The number of anilines is 1. The van der Waals surface area contributed by atoms with Crippen LogP contribution in [-0.4, -0.2) is 21.0 Å². The molecule has 0 saturated heterocycles. The second kappa shape index (κ2) is 4.93. The Hall–Kier alpha value is -2.83. The number of nitrogens with one attached hydrogen (secondary N) is 1. The lowest BCUT2D eigenvalue weighted by molar-refractivity contribution is 0.0697. The number of carboxylic acids is 1. The zero-order chi connectivity index (χ0) is 15.0. The van der Waals surface area contributed by atoms with Crippen LogP contribution in [0, 0.1) is 6.92 Å². The van der Waals surface area contributed by atoms with E-state index in [4.69, 9.17) is 13.9 Å². The Kier molecular flexibility index (Phi) is 3.09. The minimum Gasteiger partial charge on any atom is -0.478 e. The van der Waals surface area contributed by atoms with Gasteiger partial charge < -0.3 is 19.3 Å². The Labute approximate surface area is 119 Å². The van der Waals surface area contributed by atoms with Gasteiger partial charge in [-0.1, -0.05) is 0 Å². The number of benzene rings is 1. The molecule has 7 heteroatoms. The zero-order valence-corrected chi connectivity index (χ0v) is 11.5. The molecule has 0 fully saturated rings. The quantitative estimate of drug-likeness (QED) is 0.760. The number of carbonyl (C=O) groups is 1. The first-order chi connectivity index (χ1) is 10.0. The van der Waals surface area contributed by atoms with Crippen molar-refractivity contribution in [2.75, 3.05) is 5.32 Å². The first-order valence-electron chi connectivity index (χ1n) is 6.35. The van der Waals surface area contributed by atoms with Crippen LogP contribution < -0.4 is 5.32 Å². The van der Waals surface area contributed by atoms with Crippen LogP contribution in [0.5, 0.6) is 0 Å². The summed E-state index contributed by atoms with van der Waals surface area (Å²) in [5.74, 6) is 0.245. The number of carboxylic acid groups (broad SMARTS) is 1. The van der Waals surface area contributed by atoms with Crippen molar-refractivity contribution in [2.45, 2.75) is 19.9 Å². The predicted molar refractivity (Wildman–Crippen MR) is 74.2 cm³/mol. The summed E-state index contributed by atoms with van der Waals surface area (Å²) in [4.78, 5) is 19.3. The first kappa shape index (κ1) is 13.2. The largest absolute Gasteiger partial charge is 0.478 e. The third kappa shape index (κ3) is 2.58. The van der Waals surface area contributed by atoms with Gasteiger partial charge in [0.25, 0.3) is 6.01 Å². The van der Waals surface area contributed by atoms with Gasteiger partial charge in [0.15, 0.2) is 5.58 Å². The molecule has 3 aromatic rings. The van der Waals surface area contributed by atoms with E-state index in [1.165, 1.54) is 12.1 Å². The van der Waals surface area contributed by atoms with Gasteiger partial charge >= 0.3 is 5.97 Å². The number of hydrogen-bond donors (Lipinski definition) is 2. The van der Waals surface area contributed by atoms with E-state index >= 15 is 0 Å². The molecule has 0 aliphatic heterocycles. The molecule has 1 unspecified atom stereocenters. The summed E-state index contributed by atoms with van der Waals surface area (Å²) in [6.07, 6.45) is 1.64. The van der Waals surface area contributed by atoms with Crippen molar-refractivity contribution in [3.8, 4) is 0 Å². The van der Waals surface area contributed by atoms with E-state index in [-0.39, 0.29) is 17.6 Å². The average molecular weight is 287 g/mol. The van der Waals surface area contributed by atoms with E-state index in [9.17, 15) is 4.79 Å². The molecule has 0 amide bonds. The van der Waals surface area contributed by atoms with Crippen LogP contribution in [0.15, 0.2) is 33.2 Å². The number of aromatic nitrogens is 2. The summed E-state index contributed by atoms with van der Waals surface area (Å²) >= 11 is 0. The fraction of sp³-hybridized carbons (Fsp3) is 0.214. The highest BCUT2D eigenvalue weighted by Crippen LogP contribution is 2.24. The van der Waals surface area contributed by atoms with Gasteiger partial charge in [-0.3, -0.25) is 0 Å². The average Bonchev–Trinajstić information content (AvgIpc) is 3.03. The molecule has 7 nitrogen and oxygen atoms in total.